The average Bonchev–Trinajstić information content (AvgIpc) is 2.94. The topological polar surface area (TPSA) is 120 Å². The molecule has 38 heavy (non-hydrogen) atoms. The van der Waals surface area contributed by atoms with Crippen LogP contribution in [0.4, 0.5) is 21.1 Å². The van der Waals surface area contributed by atoms with Crippen LogP contribution in [0.5, 0.6) is 0 Å². The van der Waals surface area contributed by atoms with Crippen molar-refractivity contribution in [3.8, 4) is 11.4 Å². The number of hydrogen-bond acceptors (Lipinski definition) is 6. The Balaban J connectivity index is 1.55. The number of carbonyl (C=O) groups is 2. The molecule has 2 aliphatic heterocycles. The molecule has 10 nitrogen and oxygen atoms in total. The van der Waals surface area contributed by atoms with E-state index in [0.717, 1.165) is 28.2 Å². The lowest BCUT2D eigenvalue weighted by molar-refractivity contribution is 0.121. The number of benzene rings is 2. The van der Waals surface area contributed by atoms with Gasteiger partial charge in [0, 0.05) is 48.9 Å². The van der Waals surface area contributed by atoms with Crippen molar-refractivity contribution >= 4 is 23.6 Å². The van der Waals surface area contributed by atoms with E-state index in [-0.39, 0.29) is 18.5 Å². The first-order chi connectivity index (χ1) is 18.5. The fraction of sp³-hybridized carbons (Fsp3) is 0.357. The molecular formula is C28H32N6O4. The first-order valence-electron chi connectivity index (χ1n) is 12.9. The highest BCUT2D eigenvalue weighted by atomic mass is 16.5. The zero-order valence-corrected chi connectivity index (χ0v) is 21.4. The summed E-state index contributed by atoms with van der Waals surface area (Å²) in [5.74, 6) is 1.30. The Kier molecular flexibility index (Phi) is 7.69. The molecule has 198 valence electrons. The van der Waals surface area contributed by atoms with Gasteiger partial charge in [0.05, 0.1) is 25.5 Å². The number of amides is 3. The minimum atomic E-state index is -0.956. The fourth-order valence-corrected chi connectivity index (χ4v) is 5.04. The second-order valence-electron chi connectivity index (χ2n) is 9.44. The number of rotatable bonds is 6. The van der Waals surface area contributed by atoms with Crippen LogP contribution in [0.2, 0.25) is 0 Å². The summed E-state index contributed by atoms with van der Waals surface area (Å²) in [5.41, 5.74) is 4.34. The van der Waals surface area contributed by atoms with Gasteiger partial charge < -0.3 is 30.3 Å². The molecule has 1 aromatic heterocycles. The molecule has 3 aromatic rings. The first kappa shape index (κ1) is 25.5. The Morgan fingerprint density at radius 2 is 1.79 bits per heavy atom. The van der Waals surface area contributed by atoms with Crippen molar-refractivity contribution in [2.75, 3.05) is 49.6 Å². The van der Waals surface area contributed by atoms with E-state index in [1.807, 2.05) is 49.4 Å². The maximum absolute atomic E-state index is 12.1. The number of carboxylic acid groups (broad SMARTS) is 1. The summed E-state index contributed by atoms with van der Waals surface area (Å²) < 4.78 is 5.60. The lowest BCUT2D eigenvalue weighted by Gasteiger charge is -2.37. The number of nitrogens with zero attached hydrogens (tertiary/aromatic N) is 4. The number of carbonyl (C=O) groups excluding carboxylic acids is 1. The molecular weight excluding hydrogens is 484 g/mol. The van der Waals surface area contributed by atoms with Crippen molar-refractivity contribution in [3.05, 3.63) is 71.4 Å². The molecule has 3 heterocycles. The van der Waals surface area contributed by atoms with E-state index in [1.165, 1.54) is 4.90 Å². The number of morpholine rings is 1. The molecule has 0 bridgehead atoms. The second kappa shape index (κ2) is 11.5. The Morgan fingerprint density at radius 1 is 1.05 bits per heavy atom. The van der Waals surface area contributed by atoms with Crippen molar-refractivity contribution in [2.45, 2.75) is 25.8 Å². The summed E-state index contributed by atoms with van der Waals surface area (Å²) in [6, 6.07) is 17.2. The number of urea groups is 1. The number of nitrogens with one attached hydrogen (secondary N) is 2. The van der Waals surface area contributed by atoms with Gasteiger partial charge in [0.2, 0.25) is 0 Å². The van der Waals surface area contributed by atoms with E-state index in [1.54, 1.807) is 0 Å². The van der Waals surface area contributed by atoms with Gasteiger partial charge in [-0.05, 0) is 43.2 Å². The number of hydrogen-bond donors (Lipinski definition) is 3. The van der Waals surface area contributed by atoms with Crippen LogP contribution < -0.4 is 15.5 Å². The van der Waals surface area contributed by atoms with Crippen LogP contribution in [0.25, 0.3) is 11.4 Å². The second-order valence-corrected chi connectivity index (χ2v) is 9.44. The number of ether oxygens (including phenoxy) is 1. The maximum atomic E-state index is 12.1. The molecule has 1 fully saturated rings. The Morgan fingerprint density at radius 3 is 2.47 bits per heavy atom. The highest BCUT2D eigenvalue weighted by molar-refractivity contribution is 5.89. The normalized spacial score (nSPS) is 17.0. The maximum Gasteiger partial charge on any atom is 0.407 e. The Labute approximate surface area is 221 Å². The molecule has 1 atom stereocenters. The van der Waals surface area contributed by atoms with Crippen LogP contribution in [-0.4, -0.2) is 71.5 Å². The van der Waals surface area contributed by atoms with Crippen LogP contribution in [0.15, 0.2) is 54.6 Å². The first-order valence-corrected chi connectivity index (χ1v) is 12.9. The van der Waals surface area contributed by atoms with E-state index in [0.29, 0.717) is 57.3 Å². The molecule has 0 spiro atoms. The Hall–Kier alpha value is -4.18. The third kappa shape index (κ3) is 5.70. The largest absolute Gasteiger partial charge is 0.465 e. The predicted molar refractivity (Wildman–Crippen MR) is 145 cm³/mol. The zero-order valence-electron chi connectivity index (χ0n) is 21.4. The van der Waals surface area contributed by atoms with Gasteiger partial charge in [-0.15, -0.1) is 0 Å². The van der Waals surface area contributed by atoms with E-state index >= 15 is 0 Å². The van der Waals surface area contributed by atoms with Gasteiger partial charge >= 0.3 is 12.1 Å². The van der Waals surface area contributed by atoms with Crippen molar-refractivity contribution < 1.29 is 19.4 Å². The van der Waals surface area contributed by atoms with Crippen LogP contribution in [0.3, 0.4) is 0 Å². The molecule has 3 amide bonds. The summed E-state index contributed by atoms with van der Waals surface area (Å²) >= 11 is 0. The number of anilines is 2. The molecule has 0 saturated carbocycles. The lowest BCUT2D eigenvalue weighted by atomic mass is 9.87. The number of fused-ring (bicyclic) bond motifs is 1. The SMILES string of the molecule is CCNC(=O)Nc1ccc(-c2nc3c(c(N4CCOCC4)n2)C(Cc2ccccc2)CN(C(=O)O)C3)cc1. The smallest absolute Gasteiger partial charge is 0.407 e. The van der Waals surface area contributed by atoms with Crippen molar-refractivity contribution in [3.63, 3.8) is 0 Å². The third-order valence-electron chi connectivity index (χ3n) is 6.84. The van der Waals surface area contributed by atoms with Gasteiger partial charge in [0.15, 0.2) is 5.82 Å². The summed E-state index contributed by atoms with van der Waals surface area (Å²) in [6.45, 7) is 5.63. The molecule has 5 rings (SSSR count). The molecule has 0 aliphatic carbocycles. The molecule has 1 saturated heterocycles. The van der Waals surface area contributed by atoms with Crippen LogP contribution in [-0.2, 0) is 17.7 Å². The van der Waals surface area contributed by atoms with E-state index in [2.05, 4.69) is 27.7 Å². The fourth-order valence-electron chi connectivity index (χ4n) is 5.04. The summed E-state index contributed by atoms with van der Waals surface area (Å²) in [5, 5.41) is 15.4. The van der Waals surface area contributed by atoms with Crippen molar-refractivity contribution in [2.24, 2.45) is 0 Å². The molecule has 10 heteroatoms. The molecule has 2 aliphatic rings. The van der Waals surface area contributed by atoms with E-state index < -0.39 is 6.09 Å². The van der Waals surface area contributed by atoms with Crippen LogP contribution in [0.1, 0.15) is 29.7 Å². The predicted octanol–water partition coefficient (Wildman–Crippen LogP) is 3.94. The van der Waals surface area contributed by atoms with Gasteiger partial charge in [-0.3, -0.25) is 0 Å². The highest BCUT2D eigenvalue weighted by Gasteiger charge is 2.34. The number of aromatic nitrogens is 2. The molecule has 0 radical (unpaired) electrons. The standard InChI is InChI=1S/C28H32N6O4/c1-2-29-27(35)30-22-10-8-20(9-11-22)25-31-23-18-34(28(36)37)17-21(16-19-6-4-3-5-7-19)24(23)26(32-25)33-12-14-38-15-13-33/h3-11,21H,2,12-18H2,1H3,(H,36,37)(H2,29,30,35). The lowest BCUT2D eigenvalue weighted by Crippen LogP contribution is -2.42. The van der Waals surface area contributed by atoms with Crippen LogP contribution in [0, 0.1) is 0 Å². The molecule has 3 N–H and O–H groups in total. The minimum absolute atomic E-state index is 0.0761. The summed E-state index contributed by atoms with van der Waals surface area (Å²) in [6.07, 6.45) is -0.264. The van der Waals surface area contributed by atoms with Crippen molar-refractivity contribution in [1.29, 1.82) is 0 Å². The summed E-state index contributed by atoms with van der Waals surface area (Å²) in [7, 11) is 0. The quantitative estimate of drug-likeness (QED) is 0.454. The van der Waals surface area contributed by atoms with Gasteiger partial charge in [-0.25, -0.2) is 19.6 Å². The van der Waals surface area contributed by atoms with Gasteiger partial charge in [0.1, 0.15) is 5.82 Å². The summed E-state index contributed by atoms with van der Waals surface area (Å²) in [4.78, 5) is 37.6. The van der Waals surface area contributed by atoms with Crippen LogP contribution >= 0.6 is 0 Å². The molecule has 1 unspecified atom stereocenters. The van der Waals surface area contributed by atoms with Gasteiger partial charge in [0.25, 0.3) is 0 Å². The zero-order chi connectivity index (χ0) is 26.5. The monoisotopic (exact) mass is 516 g/mol. The van der Waals surface area contributed by atoms with E-state index in [4.69, 9.17) is 14.7 Å². The minimum Gasteiger partial charge on any atom is -0.465 e. The molecule has 2 aromatic carbocycles. The van der Waals surface area contributed by atoms with Crippen molar-refractivity contribution in [1.82, 2.24) is 20.2 Å². The van der Waals surface area contributed by atoms with Gasteiger partial charge in [-0.1, -0.05) is 30.3 Å². The highest BCUT2D eigenvalue weighted by Crippen LogP contribution is 2.38. The van der Waals surface area contributed by atoms with E-state index in [9.17, 15) is 14.7 Å². The Bertz CT molecular complexity index is 1280. The third-order valence-corrected chi connectivity index (χ3v) is 6.84. The van der Waals surface area contributed by atoms with Gasteiger partial charge in [-0.2, -0.15) is 0 Å². The average molecular weight is 517 g/mol.